The molecule has 0 aliphatic heterocycles. The topological polar surface area (TPSA) is 57.5 Å². The molecule has 0 radical (unpaired) electrons. The van der Waals surface area contributed by atoms with Gasteiger partial charge in [0, 0.05) is 21.0 Å². The number of hydrogen-bond donors (Lipinski definition) is 2. The van der Waals surface area contributed by atoms with Crippen LogP contribution < -0.4 is 5.43 Å². The zero-order chi connectivity index (χ0) is 16.2. The zero-order valence-corrected chi connectivity index (χ0v) is 15.7. The first-order valence-electron chi connectivity index (χ1n) is 6.61. The molecule has 0 aliphatic carbocycles. The van der Waals surface area contributed by atoms with Crippen LogP contribution in [-0.4, -0.2) is 16.3 Å². The highest BCUT2D eigenvalue weighted by Gasteiger charge is 2.06. The number of anilines is 1. The minimum absolute atomic E-state index is 0.142. The van der Waals surface area contributed by atoms with Gasteiger partial charge in [0.25, 0.3) is 0 Å². The molecule has 0 atom stereocenters. The van der Waals surface area contributed by atoms with Gasteiger partial charge in [-0.15, -0.1) is 11.3 Å². The van der Waals surface area contributed by atoms with Gasteiger partial charge in [0.1, 0.15) is 5.75 Å². The minimum Gasteiger partial charge on any atom is -0.506 e. The summed E-state index contributed by atoms with van der Waals surface area (Å²) in [6.07, 6.45) is 1.55. The first-order chi connectivity index (χ1) is 11.1. The van der Waals surface area contributed by atoms with Gasteiger partial charge >= 0.3 is 0 Å². The number of aromatic nitrogens is 1. The third-order valence-corrected chi connectivity index (χ3v) is 4.80. The Morgan fingerprint density at radius 1 is 1.17 bits per heavy atom. The maximum atomic E-state index is 9.97. The number of aromatic hydroxyl groups is 1. The van der Waals surface area contributed by atoms with Crippen LogP contribution in [0.4, 0.5) is 5.13 Å². The molecule has 3 rings (SSSR count). The van der Waals surface area contributed by atoms with Crippen LogP contribution >= 0.6 is 43.2 Å². The monoisotopic (exact) mass is 451 g/mol. The van der Waals surface area contributed by atoms with E-state index in [4.69, 9.17) is 0 Å². The van der Waals surface area contributed by atoms with Crippen molar-refractivity contribution in [2.45, 2.75) is 0 Å². The number of benzene rings is 2. The lowest BCUT2D eigenvalue weighted by Gasteiger charge is -2.02. The lowest BCUT2D eigenvalue weighted by atomic mass is 10.2. The number of halogens is 2. The summed E-state index contributed by atoms with van der Waals surface area (Å²) in [5.41, 5.74) is 5.45. The molecule has 23 heavy (non-hydrogen) atoms. The molecule has 116 valence electrons. The minimum atomic E-state index is 0.142. The average Bonchev–Trinajstić information content (AvgIpc) is 3.02. The van der Waals surface area contributed by atoms with Gasteiger partial charge in [-0.3, -0.25) is 5.43 Å². The van der Waals surface area contributed by atoms with Crippen molar-refractivity contribution in [3.63, 3.8) is 0 Å². The van der Waals surface area contributed by atoms with Crippen molar-refractivity contribution < 1.29 is 5.11 Å². The van der Waals surface area contributed by atoms with Gasteiger partial charge in [0.15, 0.2) is 0 Å². The summed E-state index contributed by atoms with van der Waals surface area (Å²) >= 11 is 8.14. The molecular formula is C16H11Br2N3OS. The van der Waals surface area contributed by atoms with Crippen LogP contribution in [0.3, 0.4) is 0 Å². The Kier molecular flexibility index (Phi) is 5.09. The summed E-state index contributed by atoms with van der Waals surface area (Å²) in [6.45, 7) is 0. The highest BCUT2D eigenvalue weighted by atomic mass is 79.9. The number of nitrogens with zero attached hydrogens (tertiary/aromatic N) is 2. The summed E-state index contributed by atoms with van der Waals surface area (Å²) in [6, 6.07) is 13.5. The Bertz CT molecular complexity index is 850. The molecule has 4 nitrogen and oxygen atoms in total. The first kappa shape index (κ1) is 16.2. The SMILES string of the molecule is Oc1c(Br)cc(Br)cc1/C=N/Nc1nc(-c2ccccc2)cs1. The van der Waals surface area contributed by atoms with Crippen molar-refractivity contribution in [1.29, 1.82) is 0 Å². The van der Waals surface area contributed by atoms with Gasteiger partial charge in [-0.1, -0.05) is 46.3 Å². The summed E-state index contributed by atoms with van der Waals surface area (Å²) in [5, 5.41) is 16.8. The number of rotatable bonds is 4. The number of phenols is 1. The lowest BCUT2D eigenvalue weighted by Crippen LogP contribution is -1.91. The molecule has 1 aromatic heterocycles. The summed E-state index contributed by atoms with van der Waals surface area (Å²) < 4.78 is 1.46. The van der Waals surface area contributed by atoms with Gasteiger partial charge in [0.2, 0.25) is 5.13 Å². The molecule has 3 aromatic rings. The predicted octanol–water partition coefficient (Wildman–Crippen LogP) is 5.49. The van der Waals surface area contributed by atoms with E-state index in [1.54, 1.807) is 18.3 Å². The number of phenolic OH excluding ortho intramolecular Hbond substituents is 1. The molecule has 0 aliphatic rings. The molecule has 0 fully saturated rings. The van der Waals surface area contributed by atoms with Gasteiger partial charge in [0.05, 0.1) is 16.4 Å². The van der Waals surface area contributed by atoms with Crippen LogP contribution in [0.5, 0.6) is 5.75 Å². The highest BCUT2D eigenvalue weighted by molar-refractivity contribution is 9.11. The van der Waals surface area contributed by atoms with Gasteiger partial charge < -0.3 is 5.11 Å². The number of nitrogens with one attached hydrogen (secondary N) is 1. The Labute approximate surface area is 154 Å². The Hall–Kier alpha value is -1.70. The van der Waals surface area contributed by atoms with E-state index in [1.165, 1.54) is 11.3 Å². The normalized spacial score (nSPS) is 11.0. The summed E-state index contributed by atoms with van der Waals surface area (Å²) in [5.74, 6) is 0.142. The second kappa shape index (κ2) is 7.25. The van der Waals surface area contributed by atoms with Crippen LogP contribution in [0, 0.1) is 0 Å². The van der Waals surface area contributed by atoms with Crippen LogP contribution in [0.15, 0.2) is 61.9 Å². The van der Waals surface area contributed by atoms with E-state index in [9.17, 15) is 5.11 Å². The molecule has 1 heterocycles. The smallest absolute Gasteiger partial charge is 0.203 e. The molecular weight excluding hydrogens is 442 g/mol. The van der Waals surface area contributed by atoms with E-state index in [0.29, 0.717) is 15.2 Å². The standard InChI is InChI=1S/C16H11Br2N3OS/c17-12-6-11(15(22)13(18)7-12)8-19-21-16-20-14(9-23-16)10-4-2-1-3-5-10/h1-9,22H,(H,20,21)/b19-8+. The summed E-state index contributed by atoms with van der Waals surface area (Å²) in [7, 11) is 0. The van der Waals surface area contributed by atoms with E-state index in [-0.39, 0.29) is 5.75 Å². The Morgan fingerprint density at radius 3 is 2.74 bits per heavy atom. The second-order valence-electron chi connectivity index (χ2n) is 4.60. The number of hydrogen-bond acceptors (Lipinski definition) is 5. The van der Waals surface area contributed by atoms with Crippen molar-refractivity contribution in [3.05, 3.63) is 62.4 Å². The molecule has 0 saturated carbocycles. The van der Waals surface area contributed by atoms with Crippen LogP contribution in [0.2, 0.25) is 0 Å². The number of hydrazone groups is 1. The molecule has 0 amide bonds. The zero-order valence-electron chi connectivity index (χ0n) is 11.7. The molecule has 0 bridgehead atoms. The molecule has 7 heteroatoms. The average molecular weight is 453 g/mol. The maximum absolute atomic E-state index is 9.97. The highest BCUT2D eigenvalue weighted by Crippen LogP contribution is 2.30. The molecule has 0 spiro atoms. The van der Waals surface area contributed by atoms with Crippen LogP contribution in [0.1, 0.15) is 5.56 Å². The lowest BCUT2D eigenvalue weighted by molar-refractivity contribution is 0.471. The third kappa shape index (κ3) is 3.99. The van der Waals surface area contributed by atoms with E-state index < -0.39 is 0 Å². The van der Waals surface area contributed by atoms with Crippen molar-refractivity contribution in [3.8, 4) is 17.0 Å². The fourth-order valence-corrected chi connectivity index (χ4v) is 3.83. The van der Waals surface area contributed by atoms with E-state index in [0.717, 1.165) is 15.7 Å². The molecule has 2 aromatic carbocycles. The molecule has 0 saturated heterocycles. The van der Waals surface area contributed by atoms with Crippen LogP contribution in [0.25, 0.3) is 11.3 Å². The van der Waals surface area contributed by atoms with Gasteiger partial charge in [-0.2, -0.15) is 5.10 Å². The van der Waals surface area contributed by atoms with Crippen molar-refractivity contribution in [2.75, 3.05) is 5.43 Å². The van der Waals surface area contributed by atoms with E-state index in [1.807, 2.05) is 35.7 Å². The predicted molar refractivity (Wildman–Crippen MR) is 102 cm³/mol. The largest absolute Gasteiger partial charge is 0.506 e. The van der Waals surface area contributed by atoms with Crippen molar-refractivity contribution in [2.24, 2.45) is 5.10 Å². The third-order valence-electron chi connectivity index (χ3n) is 3.00. The second-order valence-corrected chi connectivity index (χ2v) is 7.23. The van der Waals surface area contributed by atoms with E-state index in [2.05, 4.69) is 47.4 Å². The van der Waals surface area contributed by atoms with E-state index >= 15 is 0 Å². The number of thiazole rings is 1. The molecule has 0 unspecified atom stereocenters. The fourth-order valence-electron chi connectivity index (χ4n) is 1.91. The fraction of sp³-hybridized carbons (Fsp3) is 0. The van der Waals surface area contributed by atoms with Crippen LogP contribution in [-0.2, 0) is 0 Å². The van der Waals surface area contributed by atoms with Crippen molar-refractivity contribution in [1.82, 2.24) is 4.98 Å². The van der Waals surface area contributed by atoms with Gasteiger partial charge in [-0.05, 0) is 28.1 Å². The maximum Gasteiger partial charge on any atom is 0.203 e. The van der Waals surface area contributed by atoms with Gasteiger partial charge in [-0.25, -0.2) is 4.98 Å². The Morgan fingerprint density at radius 2 is 1.96 bits per heavy atom. The summed E-state index contributed by atoms with van der Waals surface area (Å²) in [4.78, 5) is 4.48. The molecule has 2 N–H and O–H groups in total. The van der Waals surface area contributed by atoms with Crippen molar-refractivity contribution >= 4 is 54.5 Å². The quantitative estimate of drug-likeness (QED) is 0.406. The Balaban J connectivity index is 1.73. The first-order valence-corrected chi connectivity index (χ1v) is 9.08.